The van der Waals surface area contributed by atoms with Gasteiger partial charge in [0.05, 0.1) is 6.54 Å². The van der Waals surface area contributed by atoms with E-state index in [1.54, 1.807) is 4.90 Å². The van der Waals surface area contributed by atoms with Gasteiger partial charge in [0.1, 0.15) is 0 Å². The molecule has 0 aliphatic carbocycles. The number of carbonyl (C=O) groups is 2. The van der Waals surface area contributed by atoms with Crippen molar-refractivity contribution in [2.45, 2.75) is 39.7 Å². The summed E-state index contributed by atoms with van der Waals surface area (Å²) in [4.78, 5) is 25.3. The van der Waals surface area contributed by atoms with Crippen LogP contribution >= 0.6 is 12.4 Å². The first-order valence-corrected chi connectivity index (χ1v) is 6.14. The van der Waals surface area contributed by atoms with Crippen molar-refractivity contribution in [1.82, 2.24) is 10.2 Å². The highest BCUT2D eigenvalue weighted by Gasteiger charge is 2.28. The molecule has 0 saturated carbocycles. The number of carbonyl (C=O) groups excluding carboxylic acids is 2. The minimum Gasteiger partial charge on any atom is -0.347 e. The van der Waals surface area contributed by atoms with Gasteiger partial charge in [-0.15, -0.1) is 12.4 Å². The van der Waals surface area contributed by atoms with Gasteiger partial charge in [0, 0.05) is 24.5 Å². The second-order valence-corrected chi connectivity index (χ2v) is 5.55. The molecule has 1 rings (SSSR count). The lowest BCUT2D eigenvalue weighted by Crippen LogP contribution is -2.46. The maximum atomic E-state index is 11.9. The van der Waals surface area contributed by atoms with E-state index < -0.39 is 5.41 Å². The molecule has 5 nitrogen and oxygen atoms in total. The Morgan fingerprint density at radius 3 is 2.50 bits per heavy atom. The summed E-state index contributed by atoms with van der Waals surface area (Å²) < 4.78 is 0. The first-order chi connectivity index (χ1) is 7.86. The topological polar surface area (TPSA) is 75.4 Å². The average Bonchev–Trinajstić information content (AvgIpc) is 2.71. The molecule has 1 aliphatic heterocycles. The van der Waals surface area contributed by atoms with Crippen LogP contribution in [0.1, 0.15) is 33.6 Å². The molecule has 2 amide bonds. The summed E-state index contributed by atoms with van der Waals surface area (Å²) >= 11 is 0. The van der Waals surface area contributed by atoms with Crippen LogP contribution in [0.2, 0.25) is 0 Å². The molecule has 106 valence electrons. The predicted molar refractivity (Wildman–Crippen MR) is 73.5 cm³/mol. The van der Waals surface area contributed by atoms with Crippen LogP contribution in [0.15, 0.2) is 0 Å². The third-order valence-corrected chi connectivity index (χ3v) is 3.05. The van der Waals surface area contributed by atoms with Crippen molar-refractivity contribution in [2.75, 3.05) is 19.6 Å². The molecule has 1 aliphatic rings. The lowest BCUT2D eigenvalue weighted by molar-refractivity contribution is -0.135. The highest BCUT2D eigenvalue weighted by atomic mass is 35.5. The standard InChI is InChI=1S/C12H23N3O2.ClH/c1-12(2,3)11(17)14-8-10(16)15-6-4-5-9(15)7-13;/h9H,4-8,13H2,1-3H3,(H,14,17);1H. The molecule has 0 aromatic heterocycles. The van der Waals surface area contributed by atoms with E-state index in [2.05, 4.69) is 5.32 Å². The molecule has 0 radical (unpaired) electrons. The quantitative estimate of drug-likeness (QED) is 0.790. The Kier molecular flexibility index (Phi) is 6.63. The van der Waals surface area contributed by atoms with Crippen LogP contribution in [0.25, 0.3) is 0 Å². The first-order valence-electron chi connectivity index (χ1n) is 6.14. The molecule has 0 spiro atoms. The summed E-state index contributed by atoms with van der Waals surface area (Å²) in [5.74, 6) is -0.134. The van der Waals surface area contributed by atoms with Crippen molar-refractivity contribution in [1.29, 1.82) is 0 Å². The van der Waals surface area contributed by atoms with Crippen LogP contribution in [0.3, 0.4) is 0 Å². The van der Waals surface area contributed by atoms with Crippen molar-refractivity contribution in [3.63, 3.8) is 0 Å². The third-order valence-electron chi connectivity index (χ3n) is 3.05. The normalized spacial score (nSPS) is 19.3. The second-order valence-electron chi connectivity index (χ2n) is 5.55. The number of likely N-dealkylation sites (tertiary alicyclic amines) is 1. The lowest BCUT2D eigenvalue weighted by atomic mass is 9.96. The fourth-order valence-corrected chi connectivity index (χ4v) is 1.93. The molecular weight excluding hydrogens is 254 g/mol. The molecule has 1 unspecified atom stereocenters. The monoisotopic (exact) mass is 277 g/mol. The zero-order chi connectivity index (χ0) is 13.1. The summed E-state index contributed by atoms with van der Waals surface area (Å²) in [5.41, 5.74) is 5.15. The van der Waals surface area contributed by atoms with Gasteiger partial charge in [-0.25, -0.2) is 0 Å². The highest BCUT2D eigenvalue weighted by molar-refractivity contribution is 5.87. The fraction of sp³-hybridized carbons (Fsp3) is 0.833. The molecule has 6 heteroatoms. The molecule has 1 saturated heterocycles. The molecule has 1 heterocycles. The minimum absolute atomic E-state index is 0. The summed E-state index contributed by atoms with van der Waals surface area (Å²) in [6, 6.07) is 0.147. The summed E-state index contributed by atoms with van der Waals surface area (Å²) in [5, 5.41) is 2.67. The Labute approximate surface area is 115 Å². The SMILES string of the molecule is CC(C)(C)C(=O)NCC(=O)N1CCCC1CN.Cl. The zero-order valence-corrected chi connectivity index (χ0v) is 12.2. The van der Waals surface area contributed by atoms with Gasteiger partial charge >= 0.3 is 0 Å². The van der Waals surface area contributed by atoms with E-state index in [0.29, 0.717) is 6.54 Å². The minimum atomic E-state index is -0.460. The number of amides is 2. The largest absolute Gasteiger partial charge is 0.347 e. The Balaban J connectivity index is 0.00000289. The van der Waals surface area contributed by atoms with E-state index in [1.165, 1.54) is 0 Å². The van der Waals surface area contributed by atoms with Crippen LogP contribution in [0.5, 0.6) is 0 Å². The molecule has 18 heavy (non-hydrogen) atoms. The number of nitrogens with zero attached hydrogens (tertiary/aromatic N) is 1. The fourth-order valence-electron chi connectivity index (χ4n) is 1.93. The summed E-state index contributed by atoms with van der Waals surface area (Å²) in [6.45, 7) is 6.81. The highest BCUT2D eigenvalue weighted by Crippen LogP contribution is 2.16. The molecule has 3 N–H and O–H groups in total. The number of rotatable bonds is 3. The lowest BCUT2D eigenvalue weighted by Gasteiger charge is -2.24. The van der Waals surface area contributed by atoms with Crippen LogP contribution in [-0.2, 0) is 9.59 Å². The number of nitrogens with two attached hydrogens (primary N) is 1. The van der Waals surface area contributed by atoms with E-state index in [4.69, 9.17) is 5.73 Å². The van der Waals surface area contributed by atoms with Crippen LogP contribution < -0.4 is 11.1 Å². The maximum absolute atomic E-state index is 11.9. The molecule has 0 bridgehead atoms. The van der Waals surface area contributed by atoms with Crippen molar-refractivity contribution >= 4 is 24.2 Å². The van der Waals surface area contributed by atoms with Crippen LogP contribution in [0.4, 0.5) is 0 Å². The van der Waals surface area contributed by atoms with Crippen molar-refractivity contribution < 1.29 is 9.59 Å². The number of halogens is 1. The number of nitrogens with one attached hydrogen (secondary N) is 1. The Hall–Kier alpha value is -0.810. The molecule has 0 aromatic carbocycles. The van der Waals surface area contributed by atoms with E-state index in [0.717, 1.165) is 19.4 Å². The number of hydrogen-bond donors (Lipinski definition) is 2. The van der Waals surface area contributed by atoms with Gasteiger partial charge in [-0.3, -0.25) is 9.59 Å². The van der Waals surface area contributed by atoms with Gasteiger partial charge in [-0.1, -0.05) is 20.8 Å². The Bertz CT molecular complexity index is 302. The van der Waals surface area contributed by atoms with Gasteiger partial charge < -0.3 is 16.0 Å². The maximum Gasteiger partial charge on any atom is 0.242 e. The van der Waals surface area contributed by atoms with Gasteiger partial charge in [0.2, 0.25) is 11.8 Å². The van der Waals surface area contributed by atoms with Crippen molar-refractivity contribution in [3.8, 4) is 0 Å². The van der Waals surface area contributed by atoms with E-state index in [1.807, 2.05) is 20.8 Å². The molecule has 1 fully saturated rings. The van der Waals surface area contributed by atoms with Gasteiger partial charge in [0.15, 0.2) is 0 Å². The van der Waals surface area contributed by atoms with Crippen LogP contribution in [-0.4, -0.2) is 42.4 Å². The van der Waals surface area contributed by atoms with Gasteiger partial charge in [0.25, 0.3) is 0 Å². The van der Waals surface area contributed by atoms with Crippen LogP contribution in [0, 0.1) is 5.41 Å². The van der Waals surface area contributed by atoms with E-state index in [-0.39, 0.29) is 36.8 Å². The van der Waals surface area contributed by atoms with E-state index in [9.17, 15) is 9.59 Å². The zero-order valence-electron chi connectivity index (χ0n) is 11.4. The average molecular weight is 278 g/mol. The Morgan fingerprint density at radius 2 is 2.00 bits per heavy atom. The van der Waals surface area contributed by atoms with Crippen molar-refractivity contribution in [2.24, 2.45) is 11.1 Å². The summed E-state index contributed by atoms with van der Waals surface area (Å²) in [7, 11) is 0. The molecule has 1 atom stereocenters. The Morgan fingerprint density at radius 1 is 1.39 bits per heavy atom. The molecular formula is C12H24ClN3O2. The van der Waals surface area contributed by atoms with Gasteiger partial charge in [-0.2, -0.15) is 0 Å². The smallest absolute Gasteiger partial charge is 0.242 e. The molecule has 0 aromatic rings. The number of hydrogen-bond acceptors (Lipinski definition) is 3. The third kappa shape index (κ3) is 4.46. The van der Waals surface area contributed by atoms with Crippen molar-refractivity contribution in [3.05, 3.63) is 0 Å². The van der Waals surface area contributed by atoms with Gasteiger partial charge in [-0.05, 0) is 12.8 Å². The first kappa shape index (κ1) is 17.2. The predicted octanol–water partition coefficient (Wildman–Crippen LogP) is 0.520. The van der Waals surface area contributed by atoms with E-state index >= 15 is 0 Å². The second kappa shape index (κ2) is 6.95. The summed E-state index contributed by atoms with van der Waals surface area (Å²) in [6.07, 6.45) is 1.97.